The molecule has 0 aromatic heterocycles. The van der Waals surface area contributed by atoms with Crippen molar-refractivity contribution in [1.82, 2.24) is 5.43 Å². The quantitative estimate of drug-likeness (QED) is 0.408. The van der Waals surface area contributed by atoms with Crippen LogP contribution in [0.2, 0.25) is 0 Å². The summed E-state index contributed by atoms with van der Waals surface area (Å²) >= 11 is 6.34. The van der Waals surface area contributed by atoms with Gasteiger partial charge in [-0.2, -0.15) is 5.10 Å². The van der Waals surface area contributed by atoms with Gasteiger partial charge in [-0.3, -0.25) is 14.9 Å². The van der Waals surface area contributed by atoms with Crippen molar-refractivity contribution in [1.29, 1.82) is 0 Å². The molecule has 2 aromatic rings. The third-order valence-electron chi connectivity index (χ3n) is 2.96. The number of nitrogens with one attached hydrogen (secondary N) is 1. The topological polar surface area (TPSA) is 105 Å². The van der Waals surface area contributed by atoms with Gasteiger partial charge in [0.1, 0.15) is 5.75 Å². The van der Waals surface area contributed by atoms with Crippen molar-refractivity contribution in [2.45, 2.75) is 6.42 Å². The van der Waals surface area contributed by atoms with Crippen molar-refractivity contribution in [2.24, 2.45) is 5.10 Å². The molecule has 9 heteroatoms. The fourth-order valence-electron chi connectivity index (χ4n) is 1.81. The number of amides is 1. The number of benzene rings is 2. The largest absolute Gasteiger partial charge is 0.506 e. The van der Waals surface area contributed by atoms with Crippen LogP contribution in [0.3, 0.4) is 0 Å². The number of hydrazone groups is 1. The van der Waals surface area contributed by atoms with Crippen LogP contribution in [-0.2, 0) is 11.2 Å². The minimum Gasteiger partial charge on any atom is -0.506 e. The Morgan fingerprint density at radius 1 is 1.29 bits per heavy atom. The summed E-state index contributed by atoms with van der Waals surface area (Å²) in [6.07, 6.45) is 1.28. The number of nitro groups is 1. The van der Waals surface area contributed by atoms with E-state index in [4.69, 9.17) is 0 Å². The van der Waals surface area contributed by atoms with Gasteiger partial charge in [0.2, 0.25) is 5.91 Å². The maximum atomic E-state index is 11.8. The zero-order valence-corrected chi connectivity index (χ0v) is 15.2. The van der Waals surface area contributed by atoms with E-state index in [1.165, 1.54) is 6.07 Å². The molecule has 0 bridgehead atoms. The van der Waals surface area contributed by atoms with Crippen molar-refractivity contribution in [3.05, 3.63) is 66.6 Å². The molecule has 0 radical (unpaired) electrons. The Balaban J connectivity index is 2.04. The normalized spacial score (nSPS) is 10.8. The minimum atomic E-state index is -0.590. The van der Waals surface area contributed by atoms with Crippen molar-refractivity contribution < 1.29 is 14.8 Å². The molecule has 0 aliphatic carbocycles. The molecule has 1 amide bonds. The molecule has 2 aromatic carbocycles. The molecular formula is C15H11Br2N3O4. The second-order valence-corrected chi connectivity index (χ2v) is 6.49. The summed E-state index contributed by atoms with van der Waals surface area (Å²) in [6, 6.07) is 9.59. The number of rotatable bonds is 5. The molecule has 124 valence electrons. The van der Waals surface area contributed by atoms with Crippen molar-refractivity contribution >= 4 is 49.7 Å². The van der Waals surface area contributed by atoms with Crippen LogP contribution < -0.4 is 5.43 Å². The number of phenolic OH excluding ortho intramolecular Hbond substituents is 1. The van der Waals surface area contributed by atoms with E-state index in [-0.39, 0.29) is 33.8 Å². The average Bonchev–Trinajstić information content (AvgIpc) is 2.53. The number of aromatic hydroxyl groups is 1. The lowest BCUT2D eigenvalue weighted by Crippen LogP contribution is -2.19. The van der Waals surface area contributed by atoms with Gasteiger partial charge in [-0.15, -0.1) is 0 Å². The molecule has 0 fully saturated rings. The monoisotopic (exact) mass is 455 g/mol. The zero-order valence-electron chi connectivity index (χ0n) is 12.1. The van der Waals surface area contributed by atoms with E-state index >= 15 is 0 Å². The van der Waals surface area contributed by atoms with Gasteiger partial charge in [0, 0.05) is 22.2 Å². The SMILES string of the molecule is O=C(Cc1ccc(Br)cc1)NN=Cc1cc([N+](=O)[O-])cc(Br)c1O. The predicted molar refractivity (Wildman–Crippen MR) is 96.0 cm³/mol. The van der Waals surface area contributed by atoms with E-state index in [0.717, 1.165) is 22.3 Å². The molecule has 7 nitrogen and oxygen atoms in total. The van der Waals surface area contributed by atoms with Gasteiger partial charge in [0.15, 0.2) is 0 Å². The first-order valence-electron chi connectivity index (χ1n) is 6.60. The number of phenols is 1. The minimum absolute atomic E-state index is 0.111. The molecule has 0 saturated heterocycles. The number of hydrogen-bond acceptors (Lipinski definition) is 5. The first-order valence-corrected chi connectivity index (χ1v) is 8.18. The fourth-order valence-corrected chi connectivity index (χ4v) is 2.54. The third-order valence-corrected chi connectivity index (χ3v) is 4.09. The summed E-state index contributed by atoms with van der Waals surface area (Å²) < 4.78 is 1.08. The Morgan fingerprint density at radius 2 is 1.96 bits per heavy atom. The van der Waals surface area contributed by atoms with Crippen LogP contribution >= 0.6 is 31.9 Å². The number of carbonyl (C=O) groups excluding carboxylic acids is 1. The van der Waals surface area contributed by atoms with Crippen LogP contribution in [0.4, 0.5) is 5.69 Å². The summed E-state index contributed by atoms with van der Waals surface area (Å²) in [5.41, 5.74) is 3.03. The van der Waals surface area contributed by atoms with Gasteiger partial charge in [0.05, 0.1) is 22.0 Å². The fraction of sp³-hybridized carbons (Fsp3) is 0.0667. The number of non-ortho nitro benzene ring substituents is 1. The van der Waals surface area contributed by atoms with Crippen LogP contribution in [0.15, 0.2) is 50.4 Å². The smallest absolute Gasteiger partial charge is 0.271 e. The van der Waals surface area contributed by atoms with Crippen LogP contribution in [0, 0.1) is 10.1 Å². The predicted octanol–water partition coefficient (Wildman–Crippen LogP) is 3.52. The molecule has 0 aliphatic rings. The lowest BCUT2D eigenvalue weighted by atomic mass is 10.1. The Hall–Kier alpha value is -2.26. The van der Waals surface area contributed by atoms with Crippen LogP contribution in [-0.4, -0.2) is 22.2 Å². The van der Waals surface area contributed by atoms with Gasteiger partial charge in [-0.25, -0.2) is 5.43 Å². The van der Waals surface area contributed by atoms with Gasteiger partial charge in [-0.1, -0.05) is 28.1 Å². The number of carbonyl (C=O) groups is 1. The second-order valence-electron chi connectivity index (χ2n) is 4.72. The highest BCUT2D eigenvalue weighted by atomic mass is 79.9. The van der Waals surface area contributed by atoms with Gasteiger partial charge >= 0.3 is 0 Å². The molecule has 24 heavy (non-hydrogen) atoms. The molecule has 0 atom stereocenters. The molecule has 0 unspecified atom stereocenters. The average molecular weight is 457 g/mol. The Morgan fingerprint density at radius 3 is 2.58 bits per heavy atom. The Kier molecular flexibility index (Phi) is 6.04. The zero-order chi connectivity index (χ0) is 17.7. The lowest BCUT2D eigenvalue weighted by Gasteiger charge is -2.03. The van der Waals surface area contributed by atoms with Gasteiger partial charge in [0.25, 0.3) is 5.69 Å². The van der Waals surface area contributed by atoms with E-state index < -0.39 is 4.92 Å². The number of halogens is 2. The number of nitrogens with zero attached hydrogens (tertiary/aromatic N) is 2. The molecule has 2 rings (SSSR count). The molecule has 0 aliphatic heterocycles. The first kappa shape index (κ1) is 18.1. The second kappa shape index (κ2) is 8.02. The maximum Gasteiger partial charge on any atom is 0.271 e. The summed E-state index contributed by atoms with van der Waals surface area (Å²) in [4.78, 5) is 22.0. The summed E-state index contributed by atoms with van der Waals surface area (Å²) in [6.45, 7) is 0. The summed E-state index contributed by atoms with van der Waals surface area (Å²) in [5, 5.41) is 24.4. The molecule has 0 heterocycles. The molecular weight excluding hydrogens is 446 g/mol. The van der Waals surface area contributed by atoms with E-state index in [2.05, 4.69) is 42.4 Å². The van der Waals surface area contributed by atoms with Gasteiger partial charge in [-0.05, 0) is 33.6 Å². The van der Waals surface area contributed by atoms with Crippen LogP contribution in [0.25, 0.3) is 0 Å². The van der Waals surface area contributed by atoms with Gasteiger partial charge < -0.3 is 5.11 Å². The van der Waals surface area contributed by atoms with Crippen LogP contribution in [0.1, 0.15) is 11.1 Å². The van der Waals surface area contributed by atoms with E-state index in [0.29, 0.717) is 0 Å². The molecule has 2 N–H and O–H groups in total. The highest BCUT2D eigenvalue weighted by molar-refractivity contribution is 9.10. The van der Waals surface area contributed by atoms with E-state index in [1.54, 1.807) is 12.1 Å². The summed E-state index contributed by atoms with van der Waals surface area (Å²) in [5.74, 6) is -0.552. The molecule has 0 saturated carbocycles. The lowest BCUT2D eigenvalue weighted by molar-refractivity contribution is -0.385. The third kappa shape index (κ3) is 4.87. The van der Waals surface area contributed by atoms with Crippen LogP contribution in [0.5, 0.6) is 5.75 Å². The molecule has 0 spiro atoms. The Labute approximate surface area is 153 Å². The summed E-state index contributed by atoms with van der Waals surface area (Å²) in [7, 11) is 0. The maximum absolute atomic E-state index is 11.8. The standard InChI is InChI=1S/C15H11Br2N3O4/c16-11-3-1-9(2-4-11)5-14(21)19-18-8-10-6-12(20(23)24)7-13(17)15(10)22/h1-4,6-8,22H,5H2,(H,19,21). The van der Waals surface area contributed by atoms with Crippen molar-refractivity contribution in [2.75, 3.05) is 0 Å². The highest BCUT2D eigenvalue weighted by Gasteiger charge is 2.13. The highest BCUT2D eigenvalue weighted by Crippen LogP contribution is 2.31. The van der Waals surface area contributed by atoms with Crippen molar-refractivity contribution in [3.63, 3.8) is 0 Å². The van der Waals surface area contributed by atoms with Crippen molar-refractivity contribution in [3.8, 4) is 5.75 Å². The van der Waals surface area contributed by atoms with E-state index in [1.807, 2.05) is 12.1 Å². The Bertz CT molecular complexity index is 807. The first-order chi connectivity index (χ1) is 11.4. The number of hydrogen-bond donors (Lipinski definition) is 2. The van der Waals surface area contributed by atoms with E-state index in [9.17, 15) is 20.0 Å². The number of nitro benzene ring substituents is 1.